The molecular formula is C17H17BrN2O. The summed E-state index contributed by atoms with van der Waals surface area (Å²) in [6.07, 6.45) is 0.977. The van der Waals surface area contributed by atoms with E-state index in [-0.39, 0.29) is 12.6 Å². The molecule has 1 atom stereocenters. The van der Waals surface area contributed by atoms with Gasteiger partial charge in [-0.2, -0.15) is 5.26 Å². The maximum atomic E-state index is 8.56. The van der Waals surface area contributed by atoms with Gasteiger partial charge in [0, 0.05) is 16.2 Å². The Morgan fingerprint density at radius 3 is 2.67 bits per heavy atom. The minimum absolute atomic E-state index is 0.0629. The Morgan fingerprint density at radius 2 is 2.00 bits per heavy atom. The van der Waals surface area contributed by atoms with Gasteiger partial charge in [0.2, 0.25) is 0 Å². The van der Waals surface area contributed by atoms with Gasteiger partial charge in [-0.1, -0.05) is 41.1 Å². The number of hydrogen-bond acceptors (Lipinski definition) is 3. The molecule has 0 fully saturated rings. The molecule has 2 rings (SSSR count). The molecule has 0 aliphatic rings. The number of nitriles is 1. The van der Waals surface area contributed by atoms with Crippen molar-refractivity contribution in [3.63, 3.8) is 0 Å². The fourth-order valence-electron chi connectivity index (χ4n) is 2.11. The molecule has 0 spiro atoms. The van der Waals surface area contributed by atoms with Crippen molar-refractivity contribution >= 4 is 21.6 Å². The molecule has 1 unspecified atom stereocenters. The molecule has 0 radical (unpaired) electrons. The van der Waals surface area contributed by atoms with E-state index >= 15 is 0 Å². The molecule has 21 heavy (non-hydrogen) atoms. The van der Waals surface area contributed by atoms with Crippen LogP contribution in [0.15, 0.2) is 53.0 Å². The molecule has 0 bridgehead atoms. The van der Waals surface area contributed by atoms with Crippen LogP contribution in [0.4, 0.5) is 5.69 Å². The zero-order chi connectivity index (χ0) is 15.1. The minimum Gasteiger partial charge on any atom is -0.479 e. The average molecular weight is 345 g/mol. The highest BCUT2D eigenvalue weighted by Crippen LogP contribution is 2.26. The lowest BCUT2D eigenvalue weighted by Crippen LogP contribution is -2.09. The van der Waals surface area contributed by atoms with Crippen LogP contribution in [-0.4, -0.2) is 6.61 Å². The highest BCUT2D eigenvalue weighted by molar-refractivity contribution is 9.10. The summed E-state index contributed by atoms with van der Waals surface area (Å²) in [7, 11) is 0. The fourth-order valence-corrected chi connectivity index (χ4v) is 2.37. The zero-order valence-electron chi connectivity index (χ0n) is 11.8. The fraction of sp³-hybridized carbons (Fsp3) is 0.235. The van der Waals surface area contributed by atoms with Gasteiger partial charge in [0.15, 0.2) is 6.61 Å². The van der Waals surface area contributed by atoms with E-state index in [1.807, 2.05) is 42.5 Å². The first-order valence-corrected chi connectivity index (χ1v) is 7.64. The molecule has 0 saturated carbocycles. The summed E-state index contributed by atoms with van der Waals surface area (Å²) >= 11 is 3.45. The van der Waals surface area contributed by atoms with Gasteiger partial charge in [-0.05, 0) is 36.2 Å². The van der Waals surface area contributed by atoms with E-state index in [0.717, 1.165) is 16.6 Å². The summed E-state index contributed by atoms with van der Waals surface area (Å²) in [6.45, 7) is 2.21. The highest BCUT2D eigenvalue weighted by atomic mass is 79.9. The highest BCUT2D eigenvalue weighted by Gasteiger charge is 2.09. The smallest absolute Gasteiger partial charge is 0.174 e. The Hall–Kier alpha value is -1.99. The van der Waals surface area contributed by atoms with Crippen LogP contribution >= 0.6 is 15.9 Å². The molecule has 0 saturated heterocycles. The molecule has 0 aromatic heterocycles. The lowest BCUT2D eigenvalue weighted by molar-refractivity contribution is 0.368. The molecule has 0 heterocycles. The van der Waals surface area contributed by atoms with Crippen LogP contribution in [-0.2, 0) is 0 Å². The predicted molar refractivity (Wildman–Crippen MR) is 88.3 cm³/mol. The van der Waals surface area contributed by atoms with E-state index < -0.39 is 0 Å². The number of hydrogen-bond donors (Lipinski definition) is 1. The summed E-state index contributed by atoms with van der Waals surface area (Å²) in [6, 6.07) is 18.2. The molecule has 4 heteroatoms. The van der Waals surface area contributed by atoms with Crippen molar-refractivity contribution in [3.8, 4) is 11.8 Å². The third kappa shape index (κ3) is 4.51. The molecule has 108 valence electrons. The zero-order valence-corrected chi connectivity index (χ0v) is 13.4. The minimum atomic E-state index is 0.0629. The summed E-state index contributed by atoms with van der Waals surface area (Å²) in [5.41, 5.74) is 2.23. The Balaban J connectivity index is 2.11. The van der Waals surface area contributed by atoms with Gasteiger partial charge < -0.3 is 10.1 Å². The second-order valence-electron chi connectivity index (χ2n) is 4.63. The van der Waals surface area contributed by atoms with Crippen molar-refractivity contribution in [1.29, 1.82) is 5.26 Å². The standard InChI is InChI=1S/C17H17BrN2O/c1-2-17(13-6-8-14(18)9-7-13)20-15-4-3-5-16(12-15)21-11-10-19/h3-9,12,17,20H,2,11H2,1H3. The normalized spacial score (nSPS) is 11.5. The van der Waals surface area contributed by atoms with E-state index in [0.29, 0.717) is 5.75 Å². The third-order valence-electron chi connectivity index (χ3n) is 3.16. The van der Waals surface area contributed by atoms with E-state index in [9.17, 15) is 0 Å². The summed E-state index contributed by atoms with van der Waals surface area (Å²) in [5, 5.41) is 12.1. The number of ether oxygens (including phenoxy) is 1. The molecule has 1 N–H and O–H groups in total. The maximum absolute atomic E-state index is 8.56. The van der Waals surface area contributed by atoms with Gasteiger partial charge in [0.1, 0.15) is 11.8 Å². The van der Waals surface area contributed by atoms with Crippen LogP contribution in [0.2, 0.25) is 0 Å². The monoisotopic (exact) mass is 344 g/mol. The maximum Gasteiger partial charge on any atom is 0.174 e. The number of nitrogens with zero attached hydrogens (tertiary/aromatic N) is 1. The third-order valence-corrected chi connectivity index (χ3v) is 3.69. The van der Waals surface area contributed by atoms with Crippen LogP contribution in [0.1, 0.15) is 24.9 Å². The van der Waals surface area contributed by atoms with Crippen molar-refractivity contribution in [3.05, 3.63) is 58.6 Å². The van der Waals surface area contributed by atoms with Crippen molar-refractivity contribution < 1.29 is 4.74 Å². The topological polar surface area (TPSA) is 45.0 Å². The van der Waals surface area contributed by atoms with Gasteiger partial charge in [-0.3, -0.25) is 0 Å². The number of anilines is 1. The van der Waals surface area contributed by atoms with Gasteiger partial charge in [-0.25, -0.2) is 0 Å². The van der Waals surface area contributed by atoms with E-state index in [2.05, 4.69) is 40.3 Å². The Morgan fingerprint density at radius 1 is 1.24 bits per heavy atom. The number of nitrogens with one attached hydrogen (secondary N) is 1. The molecule has 0 aliphatic heterocycles. The van der Waals surface area contributed by atoms with Gasteiger partial charge in [0.25, 0.3) is 0 Å². The van der Waals surface area contributed by atoms with Gasteiger partial charge in [0.05, 0.1) is 6.04 Å². The molecule has 3 nitrogen and oxygen atoms in total. The summed E-state index contributed by atoms with van der Waals surface area (Å²) in [4.78, 5) is 0. The Bertz CT molecular complexity index is 619. The number of benzene rings is 2. The van der Waals surface area contributed by atoms with Crippen molar-refractivity contribution in [1.82, 2.24) is 0 Å². The largest absolute Gasteiger partial charge is 0.479 e. The number of halogens is 1. The second kappa shape index (κ2) is 7.70. The summed E-state index contributed by atoms with van der Waals surface area (Å²) < 4.78 is 6.40. The molecular weight excluding hydrogens is 328 g/mol. The number of rotatable bonds is 6. The van der Waals surface area contributed by atoms with Crippen molar-refractivity contribution in [2.24, 2.45) is 0 Å². The molecule has 0 amide bonds. The van der Waals surface area contributed by atoms with Gasteiger partial charge >= 0.3 is 0 Å². The first-order chi connectivity index (χ1) is 10.2. The van der Waals surface area contributed by atoms with Crippen LogP contribution in [0.5, 0.6) is 5.75 Å². The average Bonchev–Trinajstić information content (AvgIpc) is 2.52. The first-order valence-electron chi connectivity index (χ1n) is 6.84. The predicted octanol–water partition coefficient (Wildman–Crippen LogP) is 4.91. The Labute approximate surface area is 133 Å². The lowest BCUT2D eigenvalue weighted by Gasteiger charge is -2.19. The Kier molecular flexibility index (Phi) is 5.65. The first kappa shape index (κ1) is 15.4. The molecule has 2 aromatic rings. The molecule has 2 aromatic carbocycles. The summed E-state index contributed by atoms with van der Waals surface area (Å²) in [5.74, 6) is 0.701. The van der Waals surface area contributed by atoms with E-state index in [1.54, 1.807) is 0 Å². The van der Waals surface area contributed by atoms with Crippen molar-refractivity contribution in [2.75, 3.05) is 11.9 Å². The lowest BCUT2D eigenvalue weighted by atomic mass is 10.0. The van der Waals surface area contributed by atoms with Crippen LogP contribution < -0.4 is 10.1 Å². The SMILES string of the molecule is CCC(Nc1cccc(OCC#N)c1)c1ccc(Br)cc1. The van der Waals surface area contributed by atoms with Crippen LogP contribution in [0.3, 0.4) is 0 Å². The van der Waals surface area contributed by atoms with Crippen molar-refractivity contribution in [2.45, 2.75) is 19.4 Å². The molecule has 0 aliphatic carbocycles. The van der Waals surface area contributed by atoms with E-state index in [4.69, 9.17) is 10.00 Å². The van der Waals surface area contributed by atoms with Crippen LogP contribution in [0.25, 0.3) is 0 Å². The second-order valence-corrected chi connectivity index (χ2v) is 5.55. The van der Waals surface area contributed by atoms with Crippen LogP contribution in [0, 0.1) is 11.3 Å². The van der Waals surface area contributed by atoms with E-state index in [1.165, 1.54) is 5.56 Å². The van der Waals surface area contributed by atoms with Gasteiger partial charge in [-0.15, -0.1) is 0 Å². The quantitative estimate of drug-likeness (QED) is 0.809.